The smallest absolute Gasteiger partial charge is 0.231 e. The van der Waals surface area contributed by atoms with E-state index in [9.17, 15) is 19.8 Å². The van der Waals surface area contributed by atoms with E-state index in [4.69, 9.17) is 5.73 Å². The fourth-order valence-corrected chi connectivity index (χ4v) is 2.73. The lowest BCUT2D eigenvalue weighted by Gasteiger charge is -2.30. The molecule has 2 rings (SSSR count). The number of aliphatic hydroxyl groups excluding tert-OH is 1. The Bertz CT molecular complexity index is 539. The Kier molecular flexibility index (Phi) is 5.95. The Labute approximate surface area is 135 Å². The van der Waals surface area contributed by atoms with Crippen LogP contribution >= 0.6 is 0 Å². The first-order valence-electron chi connectivity index (χ1n) is 7.71. The first kappa shape index (κ1) is 17.2. The number of nitrogens with one attached hydrogen (secondary N) is 1. The van der Waals surface area contributed by atoms with Crippen LogP contribution in [0, 0.1) is 5.92 Å². The third-order valence-electron chi connectivity index (χ3n) is 4.09. The van der Waals surface area contributed by atoms with Gasteiger partial charge in [0.15, 0.2) is 0 Å². The van der Waals surface area contributed by atoms with E-state index in [-0.39, 0.29) is 36.6 Å². The van der Waals surface area contributed by atoms with Crippen LogP contribution in [0.5, 0.6) is 5.75 Å². The molecular weight excluding hydrogens is 298 g/mol. The van der Waals surface area contributed by atoms with Gasteiger partial charge in [0.25, 0.3) is 0 Å². The number of rotatable bonds is 6. The topological polar surface area (TPSA) is 116 Å². The van der Waals surface area contributed by atoms with Crippen LogP contribution in [0.1, 0.15) is 24.5 Å². The van der Waals surface area contributed by atoms with Crippen molar-refractivity contribution < 1.29 is 19.8 Å². The first-order chi connectivity index (χ1) is 11.0. The van der Waals surface area contributed by atoms with Crippen molar-refractivity contribution in [2.24, 2.45) is 11.7 Å². The Morgan fingerprint density at radius 2 is 1.87 bits per heavy atom. The average Bonchev–Trinajstić information content (AvgIpc) is 2.53. The van der Waals surface area contributed by atoms with E-state index in [1.54, 1.807) is 12.1 Å². The fourth-order valence-electron chi connectivity index (χ4n) is 2.73. The summed E-state index contributed by atoms with van der Waals surface area (Å²) < 4.78 is 0. The number of hydrogen-bond donors (Lipinski definition) is 4. The highest BCUT2D eigenvalue weighted by Crippen LogP contribution is 2.19. The number of hydrogen-bond acceptors (Lipinski definition) is 5. The van der Waals surface area contributed by atoms with Gasteiger partial charge in [0.1, 0.15) is 5.75 Å². The number of likely N-dealkylation sites (tertiary alicyclic amines) is 1. The zero-order valence-corrected chi connectivity index (χ0v) is 12.9. The van der Waals surface area contributed by atoms with Crippen LogP contribution in [0.15, 0.2) is 24.3 Å². The molecule has 0 radical (unpaired) electrons. The maximum Gasteiger partial charge on any atom is 0.231 e. The van der Waals surface area contributed by atoms with Crippen molar-refractivity contribution >= 4 is 11.8 Å². The van der Waals surface area contributed by atoms with Crippen LogP contribution in [0.25, 0.3) is 0 Å². The van der Waals surface area contributed by atoms with Crippen LogP contribution in [-0.4, -0.2) is 53.1 Å². The lowest BCUT2D eigenvalue weighted by atomic mass is 9.95. The van der Waals surface area contributed by atoms with Crippen LogP contribution < -0.4 is 11.1 Å². The molecule has 1 heterocycles. The number of phenolic OH excluding ortho intramolecular Hbond substituents is 1. The second-order valence-corrected chi connectivity index (χ2v) is 5.87. The average molecular weight is 321 g/mol. The molecule has 23 heavy (non-hydrogen) atoms. The van der Waals surface area contributed by atoms with Crippen molar-refractivity contribution in [2.45, 2.75) is 18.9 Å². The predicted octanol–water partition coefficient (Wildman–Crippen LogP) is -0.261. The van der Waals surface area contributed by atoms with Crippen molar-refractivity contribution in [3.63, 3.8) is 0 Å². The van der Waals surface area contributed by atoms with E-state index in [1.165, 1.54) is 12.1 Å². The Morgan fingerprint density at radius 1 is 1.26 bits per heavy atom. The summed E-state index contributed by atoms with van der Waals surface area (Å²) in [6, 6.07) is 6.23. The molecule has 7 heteroatoms. The number of carbonyl (C=O) groups is 2. The zero-order valence-electron chi connectivity index (χ0n) is 12.9. The van der Waals surface area contributed by atoms with Gasteiger partial charge in [-0.3, -0.25) is 14.5 Å². The number of nitrogens with zero attached hydrogens (tertiary/aromatic N) is 1. The van der Waals surface area contributed by atoms with E-state index in [2.05, 4.69) is 5.32 Å². The van der Waals surface area contributed by atoms with Gasteiger partial charge in [0.2, 0.25) is 11.8 Å². The Hall–Kier alpha value is -2.12. The number of nitrogens with two attached hydrogens (primary N) is 1. The molecule has 1 fully saturated rings. The molecular formula is C16H23N3O4. The second-order valence-electron chi connectivity index (χ2n) is 5.87. The second kappa shape index (κ2) is 7.94. The lowest BCUT2D eigenvalue weighted by Crippen LogP contribution is -2.44. The highest BCUT2D eigenvalue weighted by Gasteiger charge is 2.25. The molecule has 1 aliphatic rings. The van der Waals surface area contributed by atoms with Gasteiger partial charge in [0.05, 0.1) is 12.6 Å². The van der Waals surface area contributed by atoms with E-state index >= 15 is 0 Å². The third-order valence-corrected chi connectivity index (χ3v) is 4.09. The van der Waals surface area contributed by atoms with Gasteiger partial charge in [-0.25, -0.2) is 0 Å². The minimum atomic E-state index is -0.811. The predicted molar refractivity (Wildman–Crippen MR) is 84.4 cm³/mol. The highest BCUT2D eigenvalue weighted by atomic mass is 16.3. The van der Waals surface area contributed by atoms with Gasteiger partial charge in [-0.05, 0) is 43.6 Å². The normalized spacial score (nSPS) is 17.6. The number of piperidine rings is 1. The molecule has 0 saturated carbocycles. The van der Waals surface area contributed by atoms with E-state index < -0.39 is 6.10 Å². The summed E-state index contributed by atoms with van der Waals surface area (Å²) in [4.78, 5) is 25.0. The van der Waals surface area contributed by atoms with E-state index in [1.807, 2.05) is 4.90 Å². The summed E-state index contributed by atoms with van der Waals surface area (Å²) in [6.07, 6.45) is 0.539. The summed E-state index contributed by atoms with van der Waals surface area (Å²) in [6.45, 7) is 1.70. The summed E-state index contributed by atoms with van der Waals surface area (Å²) >= 11 is 0. The van der Waals surface area contributed by atoms with Crippen LogP contribution in [0.4, 0.5) is 0 Å². The largest absolute Gasteiger partial charge is 0.508 e. The van der Waals surface area contributed by atoms with Crippen molar-refractivity contribution in [2.75, 3.05) is 26.2 Å². The number of benzene rings is 1. The lowest BCUT2D eigenvalue weighted by molar-refractivity contribution is -0.127. The van der Waals surface area contributed by atoms with Gasteiger partial charge in [-0.2, -0.15) is 0 Å². The minimum Gasteiger partial charge on any atom is -0.508 e. The SMILES string of the molecule is NC(=O)CN1CCC(C(=O)NCC(O)c2ccc(O)cc2)CC1. The summed E-state index contributed by atoms with van der Waals surface area (Å²) in [5.41, 5.74) is 5.80. The summed E-state index contributed by atoms with van der Waals surface area (Å²) in [5.74, 6) is -0.412. The van der Waals surface area contributed by atoms with Crippen molar-refractivity contribution in [1.29, 1.82) is 0 Å². The number of amides is 2. The molecule has 126 valence electrons. The number of primary amides is 1. The first-order valence-corrected chi connectivity index (χ1v) is 7.71. The quantitative estimate of drug-likeness (QED) is 0.576. The van der Waals surface area contributed by atoms with E-state index in [0.717, 1.165) is 0 Å². The summed E-state index contributed by atoms with van der Waals surface area (Å²) in [5, 5.41) is 22.0. The van der Waals surface area contributed by atoms with Crippen LogP contribution in [-0.2, 0) is 9.59 Å². The van der Waals surface area contributed by atoms with Crippen molar-refractivity contribution in [3.8, 4) is 5.75 Å². The molecule has 0 aromatic heterocycles. The van der Waals surface area contributed by atoms with Crippen molar-refractivity contribution in [1.82, 2.24) is 10.2 Å². The third kappa shape index (κ3) is 5.22. The molecule has 0 aliphatic carbocycles. The van der Waals surface area contributed by atoms with E-state index in [0.29, 0.717) is 31.5 Å². The Balaban J connectivity index is 1.75. The van der Waals surface area contributed by atoms with Gasteiger partial charge in [0, 0.05) is 12.5 Å². The molecule has 1 saturated heterocycles. The molecule has 2 amide bonds. The van der Waals surface area contributed by atoms with Gasteiger partial charge >= 0.3 is 0 Å². The number of aromatic hydroxyl groups is 1. The van der Waals surface area contributed by atoms with Crippen molar-refractivity contribution in [3.05, 3.63) is 29.8 Å². The summed E-state index contributed by atoms with van der Waals surface area (Å²) in [7, 11) is 0. The zero-order chi connectivity index (χ0) is 16.8. The van der Waals surface area contributed by atoms with Gasteiger partial charge in [-0.1, -0.05) is 12.1 Å². The maximum absolute atomic E-state index is 12.1. The number of aliphatic hydroxyl groups is 1. The Morgan fingerprint density at radius 3 is 2.43 bits per heavy atom. The molecule has 1 aromatic rings. The molecule has 1 atom stereocenters. The molecule has 0 spiro atoms. The molecule has 1 unspecified atom stereocenters. The standard InChI is InChI=1S/C16H23N3O4/c17-15(22)10-19-7-5-12(6-8-19)16(23)18-9-14(21)11-1-3-13(20)4-2-11/h1-4,12,14,20-21H,5-10H2,(H2,17,22)(H,18,23). The van der Waals surface area contributed by atoms with Crippen LogP contribution in [0.3, 0.4) is 0 Å². The number of carbonyl (C=O) groups excluding carboxylic acids is 2. The van der Waals surface area contributed by atoms with Gasteiger partial charge in [-0.15, -0.1) is 0 Å². The fraction of sp³-hybridized carbons (Fsp3) is 0.500. The monoisotopic (exact) mass is 321 g/mol. The molecule has 7 nitrogen and oxygen atoms in total. The molecule has 5 N–H and O–H groups in total. The molecule has 1 aliphatic heterocycles. The minimum absolute atomic E-state index is 0.0819. The highest BCUT2D eigenvalue weighted by molar-refractivity contribution is 5.79. The van der Waals surface area contributed by atoms with Crippen LogP contribution in [0.2, 0.25) is 0 Å². The molecule has 1 aromatic carbocycles. The number of phenols is 1. The molecule has 0 bridgehead atoms. The maximum atomic E-state index is 12.1. The van der Waals surface area contributed by atoms with Gasteiger partial charge < -0.3 is 21.3 Å².